The molecule has 3 rings (SSSR count). The van der Waals surface area contributed by atoms with Crippen molar-refractivity contribution < 1.29 is 19.4 Å². The van der Waals surface area contributed by atoms with Crippen molar-refractivity contribution in [3.63, 3.8) is 0 Å². The van der Waals surface area contributed by atoms with E-state index in [0.29, 0.717) is 5.75 Å². The van der Waals surface area contributed by atoms with Crippen molar-refractivity contribution in [2.75, 3.05) is 7.11 Å². The first-order valence-electron chi connectivity index (χ1n) is 6.86. The summed E-state index contributed by atoms with van der Waals surface area (Å²) in [5.74, 6) is -0.468. The monoisotopic (exact) mass is 423 g/mol. The van der Waals surface area contributed by atoms with E-state index < -0.39 is 11.9 Å². The number of carbonyl (C=O) groups excluding carboxylic acids is 1. The number of benzene rings is 2. The molecule has 0 aliphatic carbocycles. The normalized spacial score (nSPS) is 16.5. The van der Waals surface area contributed by atoms with Gasteiger partial charge in [-0.3, -0.25) is 0 Å². The molecule has 118 valence electrons. The fourth-order valence-electron chi connectivity index (χ4n) is 2.68. The number of hydrogen-bond acceptors (Lipinski definition) is 5. The Balaban J connectivity index is 2.27. The Bertz CT molecular complexity index is 816. The summed E-state index contributed by atoms with van der Waals surface area (Å²) in [6.07, 6.45) is 0. The van der Waals surface area contributed by atoms with Gasteiger partial charge in [0.15, 0.2) is 0 Å². The summed E-state index contributed by atoms with van der Waals surface area (Å²) in [7, 11) is 1.31. The van der Waals surface area contributed by atoms with Crippen LogP contribution < -0.4 is 10.5 Å². The van der Waals surface area contributed by atoms with Crippen molar-refractivity contribution in [2.45, 2.75) is 5.92 Å². The van der Waals surface area contributed by atoms with E-state index in [4.69, 9.17) is 15.2 Å². The van der Waals surface area contributed by atoms with E-state index in [1.54, 1.807) is 12.1 Å². The molecular weight excluding hydrogens is 409 g/mol. The highest BCUT2D eigenvalue weighted by molar-refractivity contribution is 14.1. The zero-order valence-electron chi connectivity index (χ0n) is 12.2. The van der Waals surface area contributed by atoms with Crippen molar-refractivity contribution >= 4 is 28.6 Å². The van der Waals surface area contributed by atoms with Crippen LogP contribution in [0.3, 0.4) is 0 Å². The Kier molecular flexibility index (Phi) is 4.16. The summed E-state index contributed by atoms with van der Waals surface area (Å²) in [5.41, 5.74) is 7.90. The highest BCUT2D eigenvalue weighted by atomic mass is 127. The number of phenols is 1. The van der Waals surface area contributed by atoms with E-state index in [-0.39, 0.29) is 17.2 Å². The number of halogens is 1. The number of fused-ring (bicyclic) bond motifs is 1. The summed E-state index contributed by atoms with van der Waals surface area (Å²) >= 11 is 2.22. The number of methoxy groups -OCH3 is 1. The molecule has 1 aliphatic rings. The van der Waals surface area contributed by atoms with Crippen LogP contribution in [0.4, 0.5) is 0 Å². The summed E-state index contributed by atoms with van der Waals surface area (Å²) in [4.78, 5) is 12.3. The zero-order chi connectivity index (χ0) is 16.6. The number of phenolic OH excluding ortho intramolecular Hbond substituents is 1. The molecule has 1 unspecified atom stereocenters. The molecule has 1 atom stereocenters. The van der Waals surface area contributed by atoms with Gasteiger partial charge < -0.3 is 20.3 Å². The summed E-state index contributed by atoms with van der Waals surface area (Å²) in [5, 5.41) is 9.68. The van der Waals surface area contributed by atoms with Gasteiger partial charge >= 0.3 is 5.97 Å². The Labute approximate surface area is 146 Å². The van der Waals surface area contributed by atoms with E-state index in [9.17, 15) is 9.90 Å². The topological polar surface area (TPSA) is 81.8 Å². The third-order valence-corrected chi connectivity index (χ3v) is 4.69. The number of carbonyl (C=O) groups is 1. The molecule has 0 bridgehead atoms. The largest absolute Gasteiger partial charge is 0.508 e. The van der Waals surface area contributed by atoms with Crippen LogP contribution in [-0.2, 0) is 9.53 Å². The van der Waals surface area contributed by atoms with Gasteiger partial charge in [0.1, 0.15) is 17.1 Å². The summed E-state index contributed by atoms with van der Waals surface area (Å²) in [6.45, 7) is 0. The number of ether oxygens (including phenoxy) is 2. The molecule has 2 aromatic rings. The molecule has 0 fully saturated rings. The first-order chi connectivity index (χ1) is 11.0. The third-order valence-electron chi connectivity index (χ3n) is 3.70. The van der Waals surface area contributed by atoms with Gasteiger partial charge in [0.05, 0.1) is 13.0 Å². The van der Waals surface area contributed by atoms with Gasteiger partial charge in [0, 0.05) is 15.2 Å². The van der Waals surface area contributed by atoms with E-state index in [1.165, 1.54) is 13.2 Å². The molecule has 0 saturated carbocycles. The van der Waals surface area contributed by atoms with Gasteiger partial charge in [-0.1, -0.05) is 24.3 Å². The number of hydrogen-bond donors (Lipinski definition) is 2. The predicted octanol–water partition coefficient (Wildman–Crippen LogP) is 2.86. The first-order valence-corrected chi connectivity index (χ1v) is 7.94. The summed E-state index contributed by atoms with van der Waals surface area (Å²) in [6, 6.07) is 12.5. The van der Waals surface area contributed by atoms with Crippen molar-refractivity contribution in [1.82, 2.24) is 0 Å². The molecule has 1 aliphatic heterocycles. The average molecular weight is 423 g/mol. The van der Waals surface area contributed by atoms with Gasteiger partial charge in [-0.2, -0.15) is 0 Å². The van der Waals surface area contributed by atoms with E-state index in [1.807, 2.05) is 24.3 Å². The van der Waals surface area contributed by atoms with Gasteiger partial charge in [0.25, 0.3) is 0 Å². The Hall–Kier alpha value is -2.22. The SMILES string of the molecule is COC(=O)C1=C(N)Oc2cc(O)ccc2C1c1ccccc1I. The maximum absolute atomic E-state index is 12.3. The van der Waals surface area contributed by atoms with Crippen molar-refractivity contribution in [3.8, 4) is 11.5 Å². The van der Waals surface area contributed by atoms with Crippen LogP contribution >= 0.6 is 22.6 Å². The molecule has 2 aromatic carbocycles. The van der Waals surface area contributed by atoms with E-state index in [2.05, 4.69) is 22.6 Å². The predicted molar refractivity (Wildman–Crippen MR) is 93.0 cm³/mol. The van der Waals surface area contributed by atoms with Gasteiger partial charge in [-0.15, -0.1) is 0 Å². The number of rotatable bonds is 2. The molecule has 5 nitrogen and oxygen atoms in total. The first kappa shape index (κ1) is 15.7. The van der Waals surface area contributed by atoms with Gasteiger partial charge in [0.2, 0.25) is 5.88 Å². The lowest BCUT2D eigenvalue weighted by atomic mass is 9.83. The minimum atomic E-state index is -0.536. The lowest BCUT2D eigenvalue weighted by Crippen LogP contribution is -2.27. The van der Waals surface area contributed by atoms with Crippen LogP contribution in [-0.4, -0.2) is 18.2 Å². The van der Waals surface area contributed by atoms with Crippen LogP contribution in [0.5, 0.6) is 11.5 Å². The van der Waals surface area contributed by atoms with E-state index >= 15 is 0 Å². The minimum absolute atomic E-state index is 0.0143. The number of nitrogens with two attached hydrogens (primary N) is 1. The van der Waals surface area contributed by atoms with Crippen LogP contribution in [0.1, 0.15) is 17.0 Å². The number of esters is 1. The molecule has 0 aromatic heterocycles. The summed E-state index contributed by atoms with van der Waals surface area (Å²) < 4.78 is 11.4. The fraction of sp³-hybridized carbons (Fsp3) is 0.118. The standard InChI is InChI=1S/C17H14INO4/c1-22-17(21)15-14(10-4-2-3-5-12(10)18)11-7-6-9(20)8-13(11)23-16(15)19/h2-8,14,20H,19H2,1H3. The van der Waals surface area contributed by atoms with Crippen molar-refractivity contribution in [2.24, 2.45) is 5.73 Å². The third kappa shape index (κ3) is 2.74. The molecule has 1 heterocycles. The Morgan fingerprint density at radius 1 is 1.26 bits per heavy atom. The molecular formula is C17H14INO4. The lowest BCUT2D eigenvalue weighted by molar-refractivity contribution is -0.136. The highest BCUT2D eigenvalue weighted by Gasteiger charge is 2.36. The maximum atomic E-state index is 12.3. The number of aromatic hydroxyl groups is 1. The minimum Gasteiger partial charge on any atom is -0.508 e. The molecule has 23 heavy (non-hydrogen) atoms. The van der Waals surface area contributed by atoms with E-state index in [0.717, 1.165) is 14.7 Å². The molecule has 0 amide bonds. The molecule has 3 N–H and O–H groups in total. The smallest absolute Gasteiger partial charge is 0.340 e. The molecule has 0 spiro atoms. The van der Waals surface area contributed by atoms with Crippen LogP contribution in [0, 0.1) is 3.57 Å². The lowest BCUT2D eigenvalue weighted by Gasteiger charge is -2.28. The van der Waals surface area contributed by atoms with Crippen LogP contribution in [0.15, 0.2) is 53.9 Å². The second-order valence-electron chi connectivity index (χ2n) is 5.05. The molecule has 0 radical (unpaired) electrons. The quantitative estimate of drug-likeness (QED) is 0.574. The van der Waals surface area contributed by atoms with Gasteiger partial charge in [-0.05, 0) is 40.3 Å². The van der Waals surface area contributed by atoms with Crippen molar-refractivity contribution in [1.29, 1.82) is 0 Å². The Morgan fingerprint density at radius 3 is 2.70 bits per heavy atom. The average Bonchev–Trinajstić information content (AvgIpc) is 2.53. The van der Waals surface area contributed by atoms with Gasteiger partial charge in [-0.25, -0.2) is 4.79 Å². The zero-order valence-corrected chi connectivity index (χ0v) is 14.4. The second-order valence-corrected chi connectivity index (χ2v) is 6.21. The van der Waals surface area contributed by atoms with Crippen LogP contribution in [0.2, 0.25) is 0 Å². The van der Waals surface area contributed by atoms with Crippen molar-refractivity contribution in [3.05, 3.63) is 68.6 Å². The van der Waals surface area contributed by atoms with Crippen LogP contribution in [0.25, 0.3) is 0 Å². The molecule has 6 heteroatoms. The second kappa shape index (κ2) is 6.11. The Morgan fingerprint density at radius 2 is 2.00 bits per heavy atom. The molecule has 0 saturated heterocycles. The highest BCUT2D eigenvalue weighted by Crippen LogP contribution is 2.44. The maximum Gasteiger partial charge on any atom is 0.340 e. The fourth-order valence-corrected chi connectivity index (χ4v) is 3.38.